The zero-order valence-electron chi connectivity index (χ0n) is 18.3. The molecule has 3 aliphatic rings. The lowest BCUT2D eigenvalue weighted by atomic mass is 9.81. The monoisotopic (exact) mass is 427 g/mol. The third kappa shape index (κ3) is 4.76. The van der Waals surface area contributed by atoms with Gasteiger partial charge in [-0.2, -0.15) is 0 Å². The highest BCUT2D eigenvalue weighted by Gasteiger charge is 2.47. The van der Waals surface area contributed by atoms with Crippen molar-refractivity contribution in [1.29, 1.82) is 0 Å². The normalized spacial score (nSPS) is 24.9. The lowest BCUT2D eigenvalue weighted by Crippen LogP contribution is -2.39. The van der Waals surface area contributed by atoms with Gasteiger partial charge in [0.2, 0.25) is 17.7 Å². The van der Waals surface area contributed by atoms with Crippen LogP contribution in [-0.4, -0.2) is 60.8 Å². The lowest BCUT2D eigenvalue weighted by Gasteiger charge is -2.28. The summed E-state index contributed by atoms with van der Waals surface area (Å²) < 4.78 is 5.26. The smallest absolute Gasteiger partial charge is 0.233 e. The van der Waals surface area contributed by atoms with E-state index in [0.717, 1.165) is 50.1 Å². The molecule has 0 radical (unpaired) electrons. The highest BCUT2D eigenvalue weighted by Crippen LogP contribution is 2.38. The van der Waals surface area contributed by atoms with Gasteiger partial charge in [-0.3, -0.25) is 24.2 Å². The van der Waals surface area contributed by atoms with Gasteiger partial charge in [0.25, 0.3) is 0 Å². The second-order valence-corrected chi connectivity index (χ2v) is 8.91. The number of benzene rings is 1. The maximum absolute atomic E-state index is 12.6. The Morgan fingerprint density at radius 3 is 2.23 bits per heavy atom. The van der Waals surface area contributed by atoms with Crippen molar-refractivity contribution < 1.29 is 19.1 Å². The minimum Gasteiger partial charge on any atom is -0.497 e. The number of nitrogens with one attached hydrogen (secondary N) is 1. The Morgan fingerprint density at radius 2 is 1.65 bits per heavy atom. The van der Waals surface area contributed by atoms with Crippen LogP contribution in [0.4, 0.5) is 0 Å². The van der Waals surface area contributed by atoms with Gasteiger partial charge in [0.1, 0.15) is 5.75 Å². The van der Waals surface area contributed by atoms with Crippen LogP contribution in [0.5, 0.6) is 5.75 Å². The van der Waals surface area contributed by atoms with Crippen LogP contribution in [0.15, 0.2) is 24.3 Å². The molecule has 1 saturated carbocycles. The van der Waals surface area contributed by atoms with E-state index in [2.05, 4.69) is 22.3 Å². The van der Waals surface area contributed by atoms with E-state index in [1.807, 2.05) is 12.1 Å². The number of rotatable bonds is 8. The van der Waals surface area contributed by atoms with E-state index in [1.165, 1.54) is 17.7 Å². The zero-order chi connectivity index (χ0) is 21.8. The average Bonchev–Trinajstić information content (AvgIpc) is 3.41. The van der Waals surface area contributed by atoms with E-state index < -0.39 is 0 Å². The summed E-state index contributed by atoms with van der Waals surface area (Å²) in [7, 11) is 1.65. The van der Waals surface area contributed by atoms with Gasteiger partial charge in [0, 0.05) is 19.5 Å². The van der Waals surface area contributed by atoms with Crippen LogP contribution in [0.1, 0.15) is 56.6 Å². The van der Waals surface area contributed by atoms with Crippen LogP contribution in [0.25, 0.3) is 0 Å². The molecule has 0 aromatic heterocycles. The summed E-state index contributed by atoms with van der Waals surface area (Å²) >= 11 is 0. The molecule has 1 aromatic rings. The van der Waals surface area contributed by atoms with Crippen molar-refractivity contribution in [3.63, 3.8) is 0 Å². The van der Waals surface area contributed by atoms with Gasteiger partial charge < -0.3 is 10.1 Å². The van der Waals surface area contributed by atoms with Crippen molar-refractivity contribution >= 4 is 17.7 Å². The summed E-state index contributed by atoms with van der Waals surface area (Å²) in [5.74, 6) is 0.242. The van der Waals surface area contributed by atoms with Gasteiger partial charge in [-0.25, -0.2) is 0 Å². The summed E-state index contributed by atoms with van der Waals surface area (Å²) in [5, 5.41) is 3.04. The van der Waals surface area contributed by atoms with Crippen molar-refractivity contribution in [2.45, 2.75) is 51.0 Å². The first-order valence-corrected chi connectivity index (χ1v) is 11.6. The number of likely N-dealkylation sites (tertiary alicyclic amines) is 2. The Kier molecular flexibility index (Phi) is 6.90. The summed E-state index contributed by atoms with van der Waals surface area (Å²) in [4.78, 5) is 41.5. The third-order valence-corrected chi connectivity index (χ3v) is 7.07. The largest absolute Gasteiger partial charge is 0.497 e. The van der Waals surface area contributed by atoms with Gasteiger partial charge >= 0.3 is 0 Å². The number of imide groups is 1. The molecule has 2 saturated heterocycles. The average molecular weight is 428 g/mol. The van der Waals surface area contributed by atoms with E-state index in [-0.39, 0.29) is 48.6 Å². The summed E-state index contributed by atoms with van der Waals surface area (Å²) in [6.07, 6.45) is 6.13. The molecule has 7 heteroatoms. The first kappa shape index (κ1) is 21.8. The number of fused-ring (bicyclic) bond motifs is 1. The molecule has 168 valence electrons. The molecule has 1 aromatic carbocycles. The molecule has 2 aliphatic heterocycles. The van der Waals surface area contributed by atoms with Crippen molar-refractivity contribution in [2.75, 3.05) is 33.3 Å². The zero-order valence-corrected chi connectivity index (χ0v) is 18.3. The Hall–Kier alpha value is -2.41. The summed E-state index contributed by atoms with van der Waals surface area (Å²) in [6, 6.07) is 8.11. The number of carbonyl (C=O) groups excluding carboxylic acids is 3. The first-order chi connectivity index (χ1) is 15.1. The minimum atomic E-state index is -0.154. The van der Waals surface area contributed by atoms with Gasteiger partial charge in [0.15, 0.2) is 0 Å². The fraction of sp³-hybridized carbons (Fsp3) is 0.625. The topological polar surface area (TPSA) is 79.0 Å². The second kappa shape index (κ2) is 9.81. The van der Waals surface area contributed by atoms with Gasteiger partial charge in [-0.15, -0.1) is 0 Å². The number of hydrogen-bond acceptors (Lipinski definition) is 5. The fourth-order valence-corrected chi connectivity index (χ4v) is 5.30. The van der Waals surface area contributed by atoms with Crippen LogP contribution < -0.4 is 10.1 Å². The molecule has 3 atom stereocenters. The molecule has 3 fully saturated rings. The van der Waals surface area contributed by atoms with Crippen LogP contribution in [0.2, 0.25) is 0 Å². The Labute approximate surface area is 184 Å². The number of amides is 3. The van der Waals surface area contributed by atoms with E-state index in [4.69, 9.17) is 4.74 Å². The maximum Gasteiger partial charge on any atom is 0.233 e. The Morgan fingerprint density at radius 1 is 1.03 bits per heavy atom. The number of hydrogen-bond donors (Lipinski definition) is 1. The highest BCUT2D eigenvalue weighted by atomic mass is 16.5. The molecule has 31 heavy (non-hydrogen) atoms. The van der Waals surface area contributed by atoms with Gasteiger partial charge in [-0.05, 0) is 56.5 Å². The standard InChI is InChI=1S/C24H33N3O4/c1-31-18-10-8-17(9-11-18)21(26-13-4-5-14-26)16-25-22(28)12-15-27-23(29)19-6-2-3-7-20(19)24(27)30/h8-11,19-21H,2-7,12-16H2,1H3,(H,25,28)/t19-,20+,21-/m1/s1. The molecular weight excluding hydrogens is 394 g/mol. The van der Waals surface area contributed by atoms with Gasteiger partial charge in [-0.1, -0.05) is 25.0 Å². The second-order valence-electron chi connectivity index (χ2n) is 8.91. The van der Waals surface area contributed by atoms with Crippen molar-refractivity contribution in [3.8, 4) is 5.75 Å². The van der Waals surface area contributed by atoms with E-state index >= 15 is 0 Å². The van der Waals surface area contributed by atoms with Crippen LogP contribution in [-0.2, 0) is 14.4 Å². The van der Waals surface area contributed by atoms with Crippen LogP contribution in [0, 0.1) is 11.8 Å². The maximum atomic E-state index is 12.6. The molecule has 7 nitrogen and oxygen atoms in total. The van der Waals surface area contributed by atoms with Crippen LogP contribution in [0.3, 0.4) is 0 Å². The molecular formula is C24H33N3O4. The number of methoxy groups -OCH3 is 1. The Bertz CT molecular complexity index is 780. The summed E-state index contributed by atoms with van der Waals surface area (Å²) in [6.45, 7) is 2.74. The van der Waals surface area contributed by atoms with Crippen molar-refractivity contribution in [1.82, 2.24) is 15.1 Å². The number of ether oxygens (including phenoxy) is 1. The summed E-state index contributed by atoms with van der Waals surface area (Å²) in [5.41, 5.74) is 1.15. The quantitative estimate of drug-likeness (QED) is 0.645. The lowest BCUT2D eigenvalue weighted by molar-refractivity contribution is -0.140. The SMILES string of the molecule is COc1ccc([C@@H](CNC(=O)CCN2C(=O)[C@H]3CCCC[C@H]3C2=O)N2CCCC2)cc1. The molecule has 1 aliphatic carbocycles. The fourth-order valence-electron chi connectivity index (χ4n) is 5.30. The van der Waals surface area contributed by atoms with E-state index in [1.54, 1.807) is 7.11 Å². The van der Waals surface area contributed by atoms with Crippen molar-refractivity contribution in [2.24, 2.45) is 11.8 Å². The molecule has 0 unspecified atom stereocenters. The number of nitrogens with zero attached hydrogens (tertiary/aromatic N) is 2. The predicted molar refractivity (Wildman–Crippen MR) is 116 cm³/mol. The van der Waals surface area contributed by atoms with Crippen LogP contribution >= 0.6 is 0 Å². The molecule has 0 spiro atoms. The molecule has 1 N–H and O–H groups in total. The molecule has 2 heterocycles. The Balaban J connectivity index is 1.32. The molecule has 0 bridgehead atoms. The van der Waals surface area contributed by atoms with E-state index in [9.17, 15) is 14.4 Å². The van der Waals surface area contributed by atoms with E-state index in [0.29, 0.717) is 6.54 Å². The third-order valence-electron chi connectivity index (χ3n) is 7.07. The molecule has 3 amide bonds. The van der Waals surface area contributed by atoms with Crippen molar-refractivity contribution in [3.05, 3.63) is 29.8 Å². The number of carbonyl (C=O) groups is 3. The first-order valence-electron chi connectivity index (χ1n) is 11.6. The minimum absolute atomic E-state index is 0.0734. The molecule has 4 rings (SSSR count). The predicted octanol–water partition coefficient (Wildman–Crippen LogP) is 2.51. The van der Waals surface area contributed by atoms with Gasteiger partial charge in [0.05, 0.1) is 25.0 Å². The highest BCUT2D eigenvalue weighted by molar-refractivity contribution is 6.05.